The van der Waals surface area contributed by atoms with Gasteiger partial charge in [-0.1, -0.05) is 30.3 Å². The van der Waals surface area contributed by atoms with E-state index < -0.39 is 10.0 Å². The molecule has 0 saturated carbocycles. The average molecular weight is 401 g/mol. The third kappa shape index (κ3) is 4.02. The minimum atomic E-state index is -3.52. The Labute approximate surface area is 165 Å². The summed E-state index contributed by atoms with van der Waals surface area (Å²) in [6, 6.07) is 10.3. The van der Waals surface area contributed by atoms with Gasteiger partial charge in [0.15, 0.2) is 5.84 Å². The number of allylic oxidation sites excluding steroid dienone is 2. The molecular weight excluding hydrogens is 376 g/mol. The van der Waals surface area contributed by atoms with Crippen molar-refractivity contribution in [1.29, 1.82) is 0 Å². The Balaban J connectivity index is 1.51. The number of sulfonamides is 1. The third-order valence-corrected chi connectivity index (χ3v) is 6.47. The van der Waals surface area contributed by atoms with Gasteiger partial charge in [-0.25, -0.2) is 8.42 Å². The third-order valence-electron chi connectivity index (χ3n) is 5.32. The molecule has 1 aromatic rings. The second kappa shape index (κ2) is 7.89. The van der Waals surface area contributed by atoms with Crippen molar-refractivity contribution in [3.05, 3.63) is 59.8 Å². The van der Waals surface area contributed by atoms with E-state index in [9.17, 15) is 13.2 Å². The van der Waals surface area contributed by atoms with Gasteiger partial charge in [0, 0.05) is 19.3 Å². The molecule has 1 saturated heterocycles. The minimum Gasteiger partial charge on any atom is -0.350 e. The Kier molecular flexibility index (Phi) is 5.32. The molecule has 4 rings (SSSR count). The van der Waals surface area contributed by atoms with Crippen LogP contribution in [0.4, 0.5) is 0 Å². The van der Waals surface area contributed by atoms with Crippen LogP contribution in [0.25, 0.3) is 0 Å². The molecule has 8 heteroatoms. The van der Waals surface area contributed by atoms with E-state index in [0.717, 1.165) is 25.9 Å². The number of carbonyl (C=O) groups excluding carboxylic acids is 1. The second-order valence-corrected chi connectivity index (χ2v) is 8.95. The standard InChI is InChI=1S/C20H24N4O3S/c25-20(17-9-6-12-24-13-14-28(26,27)22-19(17)24)21-15-18(23-10-4-5-11-23)16-7-2-1-3-8-16/h1-3,6-9,12,18H,4-5,10-11,13-15H2,(H,21,25). The van der Waals surface area contributed by atoms with E-state index >= 15 is 0 Å². The Hall–Kier alpha value is -2.45. The van der Waals surface area contributed by atoms with Crippen molar-refractivity contribution in [3.63, 3.8) is 0 Å². The Morgan fingerprint density at radius 3 is 2.64 bits per heavy atom. The number of hydrogen-bond acceptors (Lipinski definition) is 5. The van der Waals surface area contributed by atoms with Gasteiger partial charge in [0.1, 0.15) is 0 Å². The molecule has 1 amide bonds. The highest BCUT2D eigenvalue weighted by atomic mass is 32.2. The Morgan fingerprint density at radius 1 is 1.14 bits per heavy atom. The largest absolute Gasteiger partial charge is 0.350 e. The molecule has 0 radical (unpaired) electrons. The topological polar surface area (TPSA) is 82.1 Å². The van der Waals surface area contributed by atoms with Crippen molar-refractivity contribution < 1.29 is 13.2 Å². The second-order valence-electron chi connectivity index (χ2n) is 7.20. The van der Waals surface area contributed by atoms with E-state index in [4.69, 9.17) is 0 Å². The number of hydrogen-bond donors (Lipinski definition) is 1. The molecule has 0 aromatic heterocycles. The average Bonchev–Trinajstić information content (AvgIpc) is 3.22. The summed E-state index contributed by atoms with van der Waals surface area (Å²) in [6.45, 7) is 2.80. The summed E-state index contributed by atoms with van der Waals surface area (Å²) in [6.07, 6.45) is 7.45. The van der Waals surface area contributed by atoms with Gasteiger partial charge in [0.25, 0.3) is 15.9 Å². The lowest BCUT2D eigenvalue weighted by molar-refractivity contribution is -0.117. The van der Waals surface area contributed by atoms with Gasteiger partial charge in [-0.15, -0.1) is 4.40 Å². The summed E-state index contributed by atoms with van der Waals surface area (Å²) in [5.74, 6) is -0.130. The molecule has 148 valence electrons. The fourth-order valence-corrected chi connectivity index (χ4v) is 4.85. The van der Waals surface area contributed by atoms with E-state index in [1.54, 1.807) is 23.3 Å². The maximum Gasteiger partial charge on any atom is 0.256 e. The van der Waals surface area contributed by atoms with E-state index in [1.165, 1.54) is 5.56 Å². The van der Waals surface area contributed by atoms with Crippen LogP contribution in [-0.2, 0) is 14.8 Å². The maximum absolute atomic E-state index is 12.9. The number of fused-ring (bicyclic) bond motifs is 1. The van der Waals surface area contributed by atoms with Gasteiger partial charge < -0.3 is 10.2 Å². The minimum absolute atomic E-state index is 0.0409. The molecule has 0 aliphatic carbocycles. The molecule has 1 unspecified atom stereocenters. The van der Waals surface area contributed by atoms with Crippen LogP contribution in [0.2, 0.25) is 0 Å². The first-order chi connectivity index (χ1) is 13.5. The summed E-state index contributed by atoms with van der Waals surface area (Å²) in [5, 5.41) is 3.00. The van der Waals surface area contributed by atoms with Crippen molar-refractivity contribution in [3.8, 4) is 0 Å². The lowest BCUT2D eigenvalue weighted by atomic mass is 10.0. The molecule has 3 aliphatic heterocycles. The predicted octanol–water partition coefficient (Wildman–Crippen LogP) is 1.44. The van der Waals surface area contributed by atoms with Crippen LogP contribution in [0.15, 0.2) is 58.7 Å². The van der Waals surface area contributed by atoms with Crippen LogP contribution in [0.3, 0.4) is 0 Å². The highest BCUT2D eigenvalue weighted by molar-refractivity contribution is 7.90. The number of amides is 1. The first kappa shape index (κ1) is 18.9. The highest BCUT2D eigenvalue weighted by Crippen LogP contribution is 2.25. The van der Waals surface area contributed by atoms with Crippen LogP contribution in [0.1, 0.15) is 24.4 Å². The predicted molar refractivity (Wildman–Crippen MR) is 108 cm³/mol. The van der Waals surface area contributed by atoms with Gasteiger partial charge in [0.2, 0.25) is 0 Å². The van der Waals surface area contributed by atoms with E-state index in [-0.39, 0.29) is 23.5 Å². The first-order valence-corrected chi connectivity index (χ1v) is 11.2. The molecule has 7 nitrogen and oxygen atoms in total. The summed E-state index contributed by atoms with van der Waals surface area (Å²) >= 11 is 0. The maximum atomic E-state index is 12.9. The van der Waals surface area contributed by atoms with Crippen molar-refractivity contribution in [2.45, 2.75) is 18.9 Å². The molecule has 3 heterocycles. The van der Waals surface area contributed by atoms with Gasteiger partial charge in [-0.3, -0.25) is 9.69 Å². The van der Waals surface area contributed by atoms with Crippen LogP contribution < -0.4 is 5.32 Å². The number of nitrogens with zero attached hydrogens (tertiary/aromatic N) is 3. The van der Waals surface area contributed by atoms with Gasteiger partial charge >= 0.3 is 0 Å². The zero-order chi connectivity index (χ0) is 19.6. The number of benzene rings is 1. The zero-order valence-corrected chi connectivity index (χ0v) is 16.4. The SMILES string of the molecule is O=C(NCC(c1ccccc1)N1CCCC1)C1=CC=CN2CCS(=O)(=O)N=C12. The van der Waals surface area contributed by atoms with Crippen LogP contribution in [-0.4, -0.2) is 61.9 Å². The fourth-order valence-electron chi connectivity index (χ4n) is 3.86. The van der Waals surface area contributed by atoms with Crippen molar-refractivity contribution >= 4 is 21.8 Å². The molecule has 28 heavy (non-hydrogen) atoms. The number of rotatable bonds is 5. The molecule has 0 spiro atoms. The summed E-state index contributed by atoms with van der Waals surface area (Å²) in [4.78, 5) is 17.0. The number of carbonyl (C=O) groups is 1. The van der Waals surface area contributed by atoms with E-state index in [1.807, 2.05) is 18.2 Å². The Bertz CT molecular complexity index is 931. The molecule has 1 atom stereocenters. The van der Waals surface area contributed by atoms with Crippen molar-refractivity contribution in [2.24, 2.45) is 4.40 Å². The smallest absolute Gasteiger partial charge is 0.256 e. The normalized spacial score (nSPS) is 22.2. The van der Waals surface area contributed by atoms with E-state index in [2.05, 4.69) is 26.7 Å². The zero-order valence-electron chi connectivity index (χ0n) is 15.6. The van der Waals surface area contributed by atoms with Crippen LogP contribution in [0, 0.1) is 0 Å². The monoisotopic (exact) mass is 400 g/mol. The number of nitrogens with one attached hydrogen (secondary N) is 1. The van der Waals surface area contributed by atoms with E-state index in [0.29, 0.717) is 18.7 Å². The van der Waals surface area contributed by atoms with Gasteiger partial charge in [-0.05, 0) is 43.6 Å². The lowest BCUT2D eigenvalue weighted by Gasteiger charge is -2.30. The van der Waals surface area contributed by atoms with Crippen molar-refractivity contribution in [2.75, 3.05) is 31.9 Å². The summed E-state index contributed by atoms with van der Waals surface area (Å²) < 4.78 is 27.6. The lowest BCUT2D eigenvalue weighted by Crippen LogP contribution is -2.44. The molecule has 1 aromatic carbocycles. The van der Waals surface area contributed by atoms with Crippen molar-refractivity contribution in [1.82, 2.24) is 15.1 Å². The van der Waals surface area contributed by atoms with Gasteiger partial charge in [0.05, 0.1) is 17.4 Å². The first-order valence-electron chi connectivity index (χ1n) is 9.59. The molecular formula is C20H24N4O3S. The molecule has 1 N–H and O–H groups in total. The number of amidine groups is 1. The quantitative estimate of drug-likeness (QED) is 0.809. The van der Waals surface area contributed by atoms with Crippen LogP contribution >= 0.6 is 0 Å². The molecule has 3 aliphatic rings. The summed E-state index contributed by atoms with van der Waals surface area (Å²) in [7, 11) is -3.52. The van der Waals surface area contributed by atoms with Crippen LogP contribution in [0.5, 0.6) is 0 Å². The highest BCUT2D eigenvalue weighted by Gasteiger charge is 2.31. The molecule has 0 bridgehead atoms. The Morgan fingerprint density at radius 2 is 1.89 bits per heavy atom. The number of likely N-dealkylation sites (tertiary alicyclic amines) is 1. The van der Waals surface area contributed by atoms with Gasteiger partial charge in [-0.2, -0.15) is 0 Å². The molecule has 1 fully saturated rings. The summed E-state index contributed by atoms with van der Waals surface area (Å²) in [5.41, 5.74) is 1.46. The fraction of sp³-hybridized carbons (Fsp3) is 0.400.